The number of halogens is 1. The average molecular weight is 355 g/mol. The molecule has 1 heterocycles. The van der Waals surface area contributed by atoms with Crippen LogP contribution in [0.4, 0.5) is 10.2 Å². The quantitative estimate of drug-likeness (QED) is 0.692. The third-order valence-electron chi connectivity index (χ3n) is 3.56. The van der Waals surface area contributed by atoms with Crippen LogP contribution in [-0.2, 0) is 4.79 Å². The van der Waals surface area contributed by atoms with E-state index in [0.29, 0.717) is 5.82 Å². The highest BCUT2D eigenvalue weighted by atomic mass is 32.2. The van der Waals surface area contributed by atoms with Gasteiger partial charge in [0, 0.05) is 11.0 Å². The van der Waals surface area contributed by atoms with Crippen molar-refractivity contribution in [1.29, 1.82) is 0 Å². The Morgan fingerprint density at radius 2 is 1.80 bits per heavy atom. The highest BCUT2D eigenvalue weighted by molar-refractivity contribution is 8.00. The molecule has 0 aliphatic heterocycles. The largest absolute Gasteiger partial charge is 0.310 e. The lowest BCUT2D eigenvalue weighted by Gasteiger charge is -2.09. The molecule has 0 atom stereocenters. The molecule has 3 rings (SSSR count). The second kappa shape index (κ2) is 7.53. The molecule has 2 aromatic carbocycles. The van der Waals surface area contributed by atoms with Crippen LogP contribution in [0.15, 0.2) is 59.5 Å². The zero-order valence-electron chi connectivity index (χ0n) is 14.0. The van der Waals surface area contributed by atoms with Crippen LogP contribution in [0.1, 0.15) is 11.3 Å². The smallest absolute Gasteiger partial charge is 0.235 e. The van der Waals surface area contributed by atoms with E-state index in [0.717, 1.165) is 21.8 Å². The number of hydrogen-bond acceptors (Lipinski definition) is 3. The van der Waals surface area contributed by atoms with Crippen molar-refractivity contribution in [3.8, 4) is 5.69 Å². The van der Waals surface area contributed by atoms with Gasteiger partial charge < -0.3 is 5.32 Å². The van der Waals surface area contributed by atoms with E-state index in [1.807, 2.05) is 44.2 Å². The van der Waals surface area contributed by atoms with Gasteiger partial charge in [0.05, 0.1) is 17.1 Å². The van der Waals surface area contributed by atoms with Crippen LogP contribution >= 0.6 is 11.8 Å². The van der Waals surface area contributed by atoms with Crippen LogP contribution in [-0.4, -0.2) is 21.4 Å². The van der Waals surface area contributed by atoms with Crippen molar-refractivity contribution in [2.45, 2.75) is 18.7 Å². The first kappa shape index (κ1) is 17.2. The lowest BCUT2D eigenvalue weighted by Crippen LogP contribution is -2.16. The van der Waals surface area contributed by atoms with Crippen LogP contribution < -0.4 is 5.32 Å². The Morgan fingerprint density at radius 1 is 1.12 bits per heavy atom. The van der Waals surface area contributed by atoms with Gasteiger partial charge >= 0.3 is 0 Å². The number of carbonyl (C=O) groups excluding carboxylic acids is 1. The predicted molar refractivity (Wildman–Crippen MR) is 98.8 cm³/mol. The number of benzene rings is 2. The summed E-state index contributed by atoms with van der Waals surface area (Å²) >= 11 is 1.36. The first-order valence-electron chi connectivity index (χ1n) is 7.83. The van der Waals surface area contributed by atoms with E-state index < -0.39 is 0 Å². The van der Waals surface area contributed by atoms with E-state index in [-0.39, 0.29) is 17.5 Å². The summed E-state index contributed by atoms with van der Waals surface area (Å²) in [5, 5.41) is 7.34. The van der Waals surface area contributed by atoms with Crippen LogP contribution in [0.5, 0.6) is 0 Å². The van der Waals surface area contributed by atoms with Crippen molar-refractivity contribution in [2.75, 3.05) is 11.1 Å². The third-order valence-corrected chi connectivity index (χ3v) is 4.57. The first-order valence-corrected chi connectivity index (χ1v) is 8.82. The molecule has 4 nitrogen and oxygen atoms in total. The van der Waals surface area contributed by atoms with Gasteiger partial charge in [-0.15, -0.1) is 11.8 Å². The van der Waals surface area contributed by atoms with Crippen molar-refractivity contribution in [3.05, 3.63) is 71.7 Å². The molecule has 3 aromatic rings. The van der Waals surface area contributed by atoms with Gasteiger partial charge in [-0.05, 0) is 50.2 Å². The highest BCUT2D eigenvalue weighted by Gasteiger charge is 2.11. The molecule has 0 saturated heterocycles. The van der Waals surface area contributed by atoms with E-state index in [2.05, 4.69) is 10.4 Å². The fourth-order valence-electron chi connectivity index (χ4n) is 2.33. The molecule has 25 heavy (non-hydrogen) atoms. The summed E-state index contributed by atoms with van der Waals surface area (Å²) in [4.78, 5) is 13.1. The molecular formula is C19H18FN3OS. The highest BCUT2D eigenvalue weighted by Crippen LogP contribution is 2.20. The van der Waals surface area contributed by atoms with Gasteiger partial charge in [0.1, 0.15) is 11.6 Å². The summed E-state index contributed by atoms with van der Waals surface area (Å²) in [7, 11) is 0. The van der Waals surface area contributed by atoms with Crippen molar-refractivity contribution < 1.29 is 9.18 Å². The molecule has 6 heteroatoms. The van der Waals surface area contributed by atoms with E-state index in [1.54, 1.807) is 16.8 Å². The third kappa shape index (κ3) is 4.48. The van der Waals surface area contributed by atoms with Gasteiger partial charge in [0.25, 0.3) is 0 Å². The Balaban J connectivity index is 1.69. The van der Waals surface area contributed by atoms with Crippen molar-refractivity contribution in [3.63, 3.8) is 0 Å². The predicted octanol–water partition coefficient (Wildman–Crippen LogP) is 4.36. The zero-order valence-corrected chi connectivity index (χ0v) is 14.8. The second-order valence-electron chi connectivity index (χ2n) is 5.71. The van der Waals surface area contributed by atoms with Gasteiger partial charge in [-0.3, -0.25) is 4.79 Å². The summed E-state index contributed by atoms with van der Waals surface area (Å²) in [6.45, 7) is 3.90. The normalized spacial score (nSPS) is 10.7. The molecule has 0 radical (unpaired) electrons. The van der Waals surface area contributed by atoms with E-state index in [1.165, 1.54) is 23.9 Å². The minimum absolute atomic E-state index is 0.136. The summed E-state index contributed by atoms with van der Waals surface area (Å²) in [6, 6.07) is 15.9. The average Bonchev–Trinajstić information content (AvgIpc) is 2.95. The lowest BCUT2D eigenvalue weighted by molar-refractivity contribution is -0.113. The summed E-state index contributed by atoms with van der Waals surface area (Å²) in [5.41, 5.74) is 2.87. The Morgan fingerprint density at radius 3 is 2.48 bits per heavy atom. The Hall–Kier alpha value is -2.60. The molecule has 0 spiro atoms. The van der Waals surface area contributed by atoms with Gasteiger partial charge in [0.15, 0.2) is 0 Å². The molecule has 0 bridgehead atoms. The number of aromatic nitrogens is 2. The number of aryl methyl sites for hydroxylation is 2. The van der Waals surface area contributed by atoms with Gasteiger partial charge in [-0.1, -0.05) is 17.7 Å². The number of anilines is 1. The number of amides is 1. The molecule has 1 N–H and O–H groups in total. The molecule has 0 aliphatic carbocycles. The Bertz CT molecular complexity index is 873. The first-order chi connectivity index (χ1) is 12.0. The summed E-state index contributed by atoms with van der Waals surface area (Å²) in [5.74, 6) is 0.448. The number of nitrogens with zero attached hydrogens (tertiary/aromatic N) is 2. The number of thioether (sulfide) groups is 1. The standard InChI is InChI=1S/C19H18FN3OS/c1-13-3-7-16(8-4-13)23-18(11-14(2)22-23)21-19(24)12-25-17-9-5-15(20)6-10-17/h3-11H,12H2,1-2H3,(H,21,24). The maximum absolute atomic E-state index is 12.9. The minimum atomic E-state index is -0.286. The Labute approximate surface area is 150 Å². The zero-order chi connectivity index (χ0) is 17.8. The lowest BCUT2D eigenvalue weighted by atomic mass is 10.2. The van der Waals surface area contributed by atoms with Crippen LogP contribution in [0.25, 0.3) is 5.69 Å². The number of carbonyl (C=O) groups is 1. The molecule has 1 amide bonds. The maximum atomic E-state index is 12.9. The van der Waals surface area contributed by atoms with Crippen molar-refractivity contribution in [1.82, 2.24) is 9.78 Å². The maximum Gasteiger partial charge on any atom is 0.235 e. The number of hydrogen-bond donors (Lipinski definition) is 1. The van der Waals surface area contributed by atoms with Crippen LogP contribution in [0.3, 0.4) is 0 Å². The minimum Gasteiger partial charge on any atom is -0.310 e. The van der Waals surface area contributed by atoms with E-state index in [4.69, 9.17) is 0 Å². The molecular weight excluding hydrogens is 337 g/mol. The summed E-state index contributed by atoms with van der Waals surface area (Å²) < 4.78 is 14.6. The van der Waals surface area contributed by atoms with Gasteiger partial charge in [-0.2, -0.15) is 5.10 Å². The monoisotopic (exact) mass is 355 g/mol. The molecule has 1 aromatic heterocycles. The molecule has 0 unspecified atom stereocenters. The second-order valence-corrected chi connectivity index (χ2v) is 6.76. The molecule has 0 saturated carbocycles. The van der Waals surface area contributed by atoms with Crippen molar-refractivity contribution in [2.24, 2.45) is 0 Å². The Kier molecular flexibility index (Phi) is 5.19. The number of nitrogens with one attached hydrogen (secondary N) is 1. The van der Waals surface area contributed by atoms with Crippen LogP contribution in [0, 0.1) is 19.7 Å². The van der Waals surface area contributed by atoms with E-state index in [9.17, 15) is 9.18 Å². The number of rotatable bonds is 5. The van der Waals surface area contributed by atoms with Gasteiger partial charge in [0.2, 0.25) is 5.91 Å². The summed E-state index contributed by atoms with van der Waals surface area (Å²) in [6.07, 6.45) is 0. The molecule has 0 fully saturated rings. The van der Waals surface area contributed by atoms with E-state index >= 15 is 0 Å². The molecule has 0 aliphatic rings. The van der Waals surface area contributed by atoms with Gasteiger partial charge in [-0.25, -0.2) is 9.07 Å². The SMILES string of the molecule is Cc1ccc(-n2nc(C)cc2NC(=O)CSc2ccc(F)cc2)cc1. The molecule has 128 valence electrons. The van der Waals surface area contributed by atoms with Crippen molar-refractivity contribution >= 4 is 23.5 Å². The fraction of sp³-hybridized carbons (Fsp3) is 0.158. The topological polar surface area (TPSA) is 46.9 Å². The fourth-order valence-corrected chi connectivity index (χ4v) is 3.03. The van der Waals surface area contributed by atoms with Crippen LogP contribution in [0.2, 0.25) is 0 Å².